The zero-order valence-corrected chi connectivity index (χ0v) is 17.7. The van der Waals surface area contributed by atoms with Crippen LogP contribution in [0.25, 0.3) is 6.08 Å². The highest BCUT2D eigenvalue weighted by Gasteiger charge is 2.32. The molecule has 0 aromatic heterocycles. The molecule has 6 nitrogen and oxygen atoms in total. The van der Waals surface area contributed by atoms with Crippen molar-refractivity contribution in [3.8, 4) is 17.2 Å². The Bertz CT molecular complexity index is 1220. The standard InChI is InChI=1S/C25H17ClO6/c1-30-22-12-15(11-20-24(28)18-7-2-3-8-19(18)25(20)29)9-10-21(22)32-23(27)14-31-17-6-4-5-16(26)13-17/h2-13H,14H2,1H3. The van der Waals surface area contributed by atoms with Crippen LogP contribution in [0.3, 0.4) is 0 Å². The molecule has 0 fully saturated rings. The maximum absolute atomic E-state index is 12.6. The molecule has 0 saturated carbocycles. The number of Topliss-reactive ketones (excluding diaryl/α,β-unsaturated/α-hetero) is 2. The third kappa shape index (κ3) is 4.40. The molecule has 0 saturated heterocycles. The van der Waals surface area contributed by atoms with Gasteiger partial charge in [0, 0.05) is 16.1 Å². The lowest BCUT2D eigenvalue weighted by molar-refractivity contribution is -0.136. The third-order valence-electron chi connectivity index (χ3n) is 4.78. The highest BCUT2D eigenvalue weighted by atomic mass is 35.5. The second-order valence-electron chi connectivity index (χ2n) is 6.89. The lowest BCUT2D eigenvalue weighted by atomic mass is 10.1. The van der Waals surface area contributed by atoms with Crippen LogP contribution < -0.4 is 14.2 Å². The molecule has 0 amide bonds. The predicted octanol–water partition coefficient (Wildman–Crippen LogP) is 4.80. The highest BCUT2D eigenvalue weighted by Crippen LogP contribution is 2.32. The van der Waals surface area contributed by atoms with Gasteiger partial charge in [-0.05, 0) is 42.0 Å². The maximum Gasteiger partial charge on any atom is 0.349 e. The normalized spacial score (nSPS) is 12.4. The van der Waals surface area contributed by atoms with Gasteiger partial charge in [0.25, 0.3) is 0 Å². The number of hydrogen-bond donors (Lipinski definition) is 0. The summed E-state index contributed by atoms with van der Waals surface area (Å²) < 4.78 is 16.0. The number of rotatable bonds is 6. The Morgan fingerprint density at radius 2 is 1.62 bits per heavy atom. The molecule has 3 aromatic carbocycles. The molecule has 0 spiro atoms. The summed E-state index contributed by atoms with van der Waals surface area (Å²) in [5, 5.41) is 0.490. The van der Waals surface area contributed by atoms with Gasteiger partial charge >= 0.3 is 5.97 Å². The van der Waals surface area contributed by atoms with E-state index in [-0.39, 0.29) is 35.2 Å². The van der Waals surface area contributed by atoms with E-state index in [4.69, 9.17) is 25.8 Å². The van der Waals surface area contributed by atoms with Gasteiger partial charge in [0.15, 0.2) is 29.7 Å². The van der Waals surface area contributed by atoms with E-state index in [1.165, 1.54) is 19.3 Å². The minimum atomic E-state index is -0.633. The van der Waals surface area contributed by atoms with Crippen LogP contribution in [0.1, 0.15) is 26.3 Å². The highest BCUT2D eigenvalue weighted by molar-refractivity contribution is 6.41. The molecule has 0 radical (unpaired) electrons. The monoisotopic (exact) mass is 448 g/mol. The predicted molar refractivity (Wildman–Crippen MR) is 119 cm³/mol. The fourth-order valence-electron chi connectivity index (χ4n) is 3.28. The molecule has 3 aromatic rings. The number of benzene rings is 3. The number of carbonyl (C=O) groups excluding carboxylic acids is 3. The van der Waals surface area contributed by atoms with Crippen molar-refractivity contribution in [3.63, 3.8) is 0 Å². The average Bonchev–Trinajstić information content (AvgIpc) is 3.04. The summed E-state index contributed by atoms with van der Waals surface area (Å²) >= 11 is 5.89. The summed E-state index contributed by atoms with van der Waals surface area (Å²) in [5.74, 6) is -0.384. The lowest BCUT2D eigenvalue weighted by Gasteiger charge is -2.11. The zero-order valence-electron chi connectivity index (χ0n) is 17.0. The Balaban J connectivity index is 1.49. The summed E-state index contributed by atoms with van der Waals surface area (Å²) in [6.07, 6.45) is 1.50. The molecule has 0 heterocycles. The van der Waals surface area contributed by atoms with Crippen LogP contribution in [0, 0.1) is 0 Å². The summed E-state index contributed by atoms with van der Waals surface area (Å²) in [6, 6.07) is 18.1. The largest absolute Gasteiger partial charge is 0.493 e. The lowest BCUT2D eigenvalue weighted by Crippen LogP contribution is -2.18. The van der Waals surface area contributed by atoms with E-state index in [1.807, 2.05) is 0 Å². The second-order valence-corrected chi connectivity index (χ2v) is 7.33. The van der Waals surface area contributed by atoms with E-state index in [1.54, 1.807) is 60.7 Å². The number of allylic oxidation sites excluding steroid dienone is 1. The third-order valence-corrected chi connectivity index (χ3v) is 5.02. The van der Waals surface area contributed by atoms with Crippen molar-refractivity contribution in [2.75, 3.05) is 13.7 Å². The fourth-order valence-corrected chi connectivity index (χ4v) is 3.46. The zero-order chi connectivity index (χ0) is 22.7. The van der Waals surface area contributed by atoms with Crippen LogP contribution in [-0.4, -0.2) is 31.3 Å². The van der Waals surface area contributed by atoms with Gasteiger partial charge in [0.2, 0.25) is 0 Å². The summed E-state index contributed by atoms with van der Waals surface area (Å²) in [5.41, 5.74) is 1.41. The second kappa shape index (κ2) is 9.08. The number of esters is 1. The summed E-state index contributed by atoms with van der Waals surface area (Å²) in [6.45, 7) is -0.323. The van der Waals surface area contributed by atoms with Gasteiger partial charge in [-0.1, -0.05) is 48.0 Å². The number of carbonyl (C=O) groups is 3. The van der Waals surface area contributed by atoms with E-state index >= 15 is 0 Å². The molecular formula is C25H17ClO6. The Morgan fingerprint density at radius 1 is 0.906 bits per heavy atom. The molecule has 4 rings (SSSR count). The minimum absolute atomic E-state index is 0.0768. The van der Waals surface area contributed by atoms with Crippen LogP contribution in [0.5, 0.6) is 17.2 Å². The molecule has 0 aliphatic heterocycles. The fraction of sp³-hybridized carbons (Fsp3) is 0.0800. The smallest absolute Gasteiger partial charge is 0.349 e. The molecule has 1 aliphatic rings. The number of fused-ring (bicyclic) bond motifs is 1. The SMILES string of the molecule is COc1cc(C=C2C(=O)c3ccccc3C2=O)ccc1OC(=O)COc1cccc(Cl)c1. The molecule has 32 heavy (non-hydrogen) atoms. The molecule has 1 aliphatic carbocycles. The first-order chi connectivity index (χ1) is 15.5. The van der Waals surface area contributed by atoms with Gasteiger partial charge in [-0.2, -0.15) is 0 Å². The topological polar surface area (TPSA) is 78.9 Å². The van der Waals surface area contributed by atoms with Crippen molar-refractivity contribution in [3.05, 3.63) is 94.0 Å². The molecule has 0 unspecified atom stereocenters. The first-order valence-corrected chi connectivity index (χ1v) is 10.0. The van der Waals surface area contributed by atoms with Gasteiger partial charge in [0.05, 0.1) is 12.7 Å². The van der Waals surface area contributed by atoms with E-state index in [0.717, 1.165) is 0 Å². The van der Waals surface area contributed by atoms with Crippen molar-refractivity contribution < 1.29 is 28.6 Å². The van der Waals surface area contributed by atoms with Crippen LogP contribution in [0.15, 0.2) is 72.3 Å². The van der Waals surface area contributed by atoms with Gasteiger partial charge in [-0.25, -0.2) is 4.79 Å². The number of halogens is 1. The molecule has 0 N–H and O–H groups in total. The summed E-state index contributed by atoms with van der Waals surface area (Å²) in [7, 11) is 1.42. The first-order valence-electron chi connectivity index (χ1n) is 9.63. The van der Waals surface area contributed by atoms with Crippen LogP contribution in [-0.2, 0) is 4.79 Å². The van der Waals surface area contributed by atoms with Crippen molar-refractivity contribution >= 4 is 35.2 Å². The van der Waals surface area contributed by atoms with E-state index in [9.17, 15) is 14.4 Å². The van der Waals surface area contributed by atoms with Gasteiger partial charge < -0.3 is 14.2 Å². The maximum atomic E-state index is 12.6. The van der Waals surface area contributed by atoms with Crippen LogP contribution in [0.4, 0.5) is 0 Å². The number of hydrogen-bond acceptors (Lipinski definition) is 6. The van der Waals surface area contributed by atoms with Crippen molar-refractivity contribution in [2.45, 2.75) is 0 Å². The van der Waals surface area contributed by atoms with Crippen molar-refractivity contribution in [2.24, 2.45) is 0 Å². The van der Waals surface area contributed by atoms with Gasteiger partial charge in [-0.15, -0.1) is 0 Å². The van der Waals surface area contributed by atoms with Crippen molar-refractivity contribution in [1.29, 1.82) is 0 Å². The molecular weight excluding hydrogens is 432 g/mol. The van der Waals surface area contributed by atoms with Crippen LogP contribution in [0.2, 0.25) is 5.02 Å². The Hall–Kier alpha value is -3.90. The Kier molecular flexibility index (Phi) is 6.05. The van der Waals surface area contributed by atoms with E-state index in [2.05, 4.69) is 0 Å². The number of methoxy groups -OCH3 is 1. The van der Waals surface area contributed by atoms with Gasteiger partial charge in [0.1, 0.15) is 5.75 Å². The van der Waals surface area contributed by atoms with Crippen LogP contribution >= 0.6 is 11.6 Å². The Morgan fingerprint density at radius 3 is 2.28 bits per heavy atom. The Labute approximate surface area is 189 Å². The summed E-state index contributed by atoms with van der Waals surface area (Å²) in [4.78, 5) is 37.3. The van der Waals surface area contributed by atoms with Crippen molar-refractivity contribution in [1.82, 2.24) is 0 Å². The molecule has 7 heteroatoms. The van der Waals surface area contributed by atoms with E-state index in [0.29, 0.717) is 27.5 Å². The molecule has 160 valence electrons. The molecule has 0 atom stereocenters. The van der Waals surface area contributed by atoms with Gasteiger partial charge in [-0.3, -0.25) is 9.59 Å². The van der Waals surface area contributed by atoms with E-state index < -0.39 is 5.97 Å². The first kappa shape index (κ1) is 21.3. The number of ketones is 2. The number of ether oxygens (including phenoxy) is 3. The quantitative estimate of drug-likeness (QED) is 0.233. The minimum Gasteiger partial charge on any atom is -0.493 e. The average molecular weight is 449 g/mol. The molecule has 0 bridgehead atoms.